The molecule has 0 aliphatic carbocycles. The van der Waals surface area contributed by atoms with Gasteiger partial charge in [0.1, 0.15) is 6.04 Å². The molecule has 0 aromatic carbocycles. The summed E-state index contributed by atoms with van der Waals surface area (Å²) < 4.78 is 38.7. The summed E-state index contributed by atoms with van der Waals surface area (Å²) in [6.07, 6.45) is -4.17. The SMILES string of the molecule is CCN1CCN(C(C)CNC(=NC)N2CCN(C(C)C(F)(F)F)CC2)CC1.I. The molecule has 0 radical (unpaired) electrons. The lowest BCUT2D eigenvalue weighted by molar-refractivity contribution is -0.181. The van der Waals surface area contributed by atoms with Crippen LogP contribution in [-0.2, 0) is 0 Å². The molecular weight excluding hydrogens is 484 g/mol. The van der Waals surface area contributed by atoms with Gasteiger partial charge >= 0.3 is 6.18 Å². The van der Waals surface area contributed by atoms with Crippen LogP contribution in [-0.4, -0.2) is 116 Å². The highest BCUT2D eigenvalue weighted by Gasteiger charge is 2.41. The number of aliphatic imine (C=N–C) groups is 1. The van der Waals surface area contributed by atoms with Gasteiger partial charge in [-0.2, -0.15) is 13.2 Å². The van der Waals surface area contributed by atoms with E-state index in [0.29, 0.717) is 32.2 Å². The third kappa shape index (κ3) is 7.17. The Balaban J connectivity index is 0.00000392. The Morgan fingerprint density at radius 3 is 1.96 bits per heavy atom. The number of piperazine rings is 2. The van der Waals surface area contributed by atoms with E-state index in [1.807, 2.05) is 0 Å². The minimum Gasteiger partial charge on any atom is -0.355 e. The van der Waals surface area contributed by atoms with Crippen molar-refractivity contribution >= 4 is 29.9 Å². The van der Waals surface area contributed by atoms with Crippen LogP contribution in [0.1, 0.15) is 20.8 Å². The second-order valence-corrected chi connectivity index (χ2v) is 7.49. The van der Waals surface area contributed by atoms with Gasteiger partial charge in [0.2, 0.25) is 0 Å². The zero-order valence-corrected chi connectivity index (χ0v) is 19.8. The second kappa shape index (κ2) is 11.8. The fourth-order valence-electron chi connectivity index (χ4n) is 3.75. The van der Waals surface area contributed by atoms with Gasteiger partial charge in [0.15, 0.2) is 5.96 Å². The van der Waals surface area contributed by atoms with Gasteiger partial charge in [-0.25, -0.2) is 0 Å². The molecule has 1 N–H and O–H groups in total. The van der Waals surface area contributed by atoms with Crippen LogP contribution in [0.5, 0.6) is 0 Å². The lowest BCUT2D eigenvalue weighted by Gasteiger charge is -2.40. The van der Waals surface area contributed by atoms with Gasteiger partial charge in [-0.05, 0) is 20.4 Å². The summed E-state index contributed by atoms with van der Waals surface area (Å²) in [6.45, 7) is 13.8. The molecule has 166 valence electrons. The highest BCUT2D eigenvalue weighted by molar-refractivity contribution is 14.0. The number of likely N-dealkylation sites (N-methyl/N-ethyl adjacent to an activating group) is 1. The largest absolute Gasteiger partial charge is 0.403 e. The molecule has 6 nitrogen and oxygen atoms in total. The number of halogens is 4. The van der Waals surface area contributed by atoms with Crippen LogP contribution >= 0.6 is 24.0 Å². The van der Waals surface area contributed by atoms with E-state index < -0.39 is 12.2 Å². The van der Waals surface area contributed by atoms with Crippen LogP contribution in [0, 0.1) is 0 Å². The van der Waals surface area contributed by atoms with Crippen LogP contribution in [0.2, 0.25) is 0 Å². The molecule has 0 saturated carbocycles. The Hall–Kier alpha value is -0.330. The normalized spacial score (nSPS) is 23.2. The van der Waals surface area contributed by atoms with E-state index in [2.05, 4.69) is 38.9 Å². The number of nitrogens with one attached hydrogen (secondary N) is 1. The average Bonchev–Trinajstić information content (AvgIpc) is 2.67. The highest BCUT2D eigenvalue weighted by Crippen LogP contribution is 2.25. The van der Waals surface area contributed by atoms with E-state index in [9.17, 15) is 13.2 Å². The van der Waals surface area contributed by atoms with Gasteiger partial charge in [0.05, 0.1) is 0 Å². The molecule has 10 heteroatoms. The number of alkyl halides is 3. The van der Waals surface area contributed by atoms with Gasteiger partial charge in [0.25, 0.3) is 0 Å². The van der Waals surface area contributed by atoms with Crippen LogP contribution in [0.3, 0.4) is 0 Å². The minimum absolute atomic E-state index is 0. The average molecular weight is 520 g/mol. The molecule has 0 spiro atoms. The van der Waals surface area contributed by atoms with E-state index in [4.69, 9.17) is 0 Å². The van der Waals surface area contributed by atoms with Gasteiger partial charge in [-0.3, -0.25) is 14.8 Å². The molecule has 2 fully saturated rings. The van der Waals surface area contributed by atoms with Crippen molar-refractivity contribution in [3.8, 4) is 0 Å². The first kappa shape index (κ1) is 25.7. The third-order valence-corrected chi connectivity index (χ3v) is 5.88. The van der Waals surface area contributed by atoms with Crippen molar-refractivity contribution in [3.63, 3.8) is 0 Å². The smallest absolute Gasteiger partial charge is 0.355 e. The standard InChI is InChI=1S/C18H35F3N6.HI/c1-5-24-6-8-25(9-7-24)15(2)14-23-17(22-4)27-12-10-26(11-13-27)16(3)18(19,20)21;/h15-16H,5-14H2,1-4H3,(H,22,23);1H. The number of hydrogen-bond donors (Lipinski definition) is 1. The zero-order valence-electron chi connectivity index (χ0n) is 17.5. The summed E-state index contributed by atoms with van der Waals surface area (Å²) in [5.74, 6) is 0.786. The van der Waals surface area contributed by atoms with Gasteiger partial charge in [0, 0.05) is 72.0 Å². The first-order valence-electron chi connectivity index (χ1n) is 9.99. The summed E-state index contributed by atoms with van der Waals surface area (Å²) in [5, 5.41) is 3.42. The summed E-state index contributed by atoms with van der Waals surface area (Å²) in [7, 11) is 1.73. The molecule has 0 amide bonds. The van der Waals surface area contributed by atoms with Crippen molar-refractivity contribution in [2.24, 2.45) is 4.99 Å². The Morgan fingerprint density at radius 2 is 1.50 bits per heavy atom. The van der Waals surface area contributed by atoms with Crippen LogP contribution in [0.25, 0.3) is 0 Å². The quantitative estimate of drug-likeness (QED) is 0.340. The lowest BCUT2D eigenvalue weighted by atomic mass is 10.2. The molecule has 0 bridgehead atoms. The topological polar surface area (TPSA) is 37.4 Å². The zero-order chi connectivity index (χ0) is 20.0. The molecular formula is C18H36F3IN6. The molecule has 2 atom stereocenters. The van der Waals surface area contributed by atoms with E-state index >= 15 is 0 Å². The van der Waals surface area contributed by atoms with E-state index in [1.54, 1.807) is 7.05 Å². The van der Waals surface area contributed by atoms with Crippen LogP contribution in [0.4, 0.5) is 13.2 Å². The third-order valence-electron chi connectivity index (χ3n) is 5.88. The summed E-state index contributed by atoms with van der Waals surface area (Å²) in [5.41, 5.74) is 0. The predicted molar refractivity (Wildman–Crippen MR) is 119 cm³/mol. The molecule has 2 aliphatic rings. The molecule has 0 aromatic rings. The van der Waals surface area contributed by atoms with Crippen molar-refractivity contribution in [1.29, 1.82) is 0 Å². The number of rotatable bonds is 5. The highest BCUT2D eigenvalue weighted by atomic mass is 127. The van der Waals surface area contributed by atoms with Crippen LogP contribution in [0.15, 0.2) is 4.99 Å². The molecule has 0 aromatic heterocycles. The maximum Gasteiger partial charge on any atom is 0.403 e. The maximum absolute atomic E-state index is 12.9. The van der Waals surface area contributed by atoms with E-state index in [1.165, 1.54) is 11.8 Å². The summed E-state index contributed by atoms with van der Waals surface area (Å²) in [6, 6.07) is -0.997. The molecule has 2 rings (SSSR count). The van der Waals surface area contributed by atoms with Crippen molar-refractivity contribution in [3.05, 3.63) is 0 Å². The minimum atomic E-state index is -4.17. The molecule has 2 heterocycles. The summed E-state index contributed by atoms with van der Waals surface area (Å²) >= 11 is 0. The van der Waals surface area contributed by atoms with Crippen molar-refractivity contribution in [1.82, 2.24) is 24.9 Å². The van der Waals surface area contributed by atoms with E-state index in [0.717, 1.165) is 45.2 Å². The molecule has 2 aliphatic heterocycles. The lowest BCUT2D eigenvalue weighted by Crippen LogP contribution is -2.58. The van der Waals surface area contributed by atoms with Crippen molar-refractivity contribution in [2.45, 2.75) is 39.0 Å². The van der Waals surface area contributed by atoms with E-state index in [-0.39, 0.29) is 24.0 Å². The van der Waals surface area contributed by atoms with Gasteiger partial charge < -0.3 is 15.1 Å². The Kier molecular flexibility index (Phi) is 10.8. The van der Waals surface area contributed by atoms with Gasteiger partial charge in [-0.15, -0.1) is 24.0 Å². The van der Waals surface area contributed by atoms with Crippen molar-refractivity contribution < 1.29 is 13.2 Å². The molecule has 2 saturated heterocycles. The fraction of sp³-hybridized carbons (Fsp3) is 0.944. The fourth-order valence-corrected chi connectivity index (χ4v) is 3.75. The van der Waals surface area contributed by atoms with Crippen LogP contribution < -0.4 is 5.32 Å². The molecule has 28 heavy (non-hydrogen) atoms. The Morgan fingerprint density at radius 1 is 0.964 bits per heavy atom. The molecule has 2 unspecified atom stereocenters. The number of guanidine groups is 1. The number of hydrogen-bond acceptors (Lipinski definition) is 4. The maximum atomic E-state index is 12.9. The first-order valence-corrected chi connectivity index (χ1v) is 9.99. The summed E-state index contributed by atoms with van der Waals surface area (Å²) in [4.78, 5) is 12.8. The second-order valence-electron chi connectivity index (χ2n) is 7.49. The Bertz CT molecular complexity index is 474. The number of nitrogens with zero attached hydrogens (tertiary/aromatic N) is 5. The van der Waals surface area contributed by atoms with Gasteiger partial charge in [-0.1, -0.05) is 6.92 Å². The first-order chi connectivity index (χ1) is 12.8. The monoisotopic (exact) mass is 520 g/mol. The predicted octanol–water partition coefficient (Wildman–Crippen LogP) is 1.77. The van der Waals surface area contributed by atoms with Crippen molar-refractivity contribution in [2.75, 3.05) is 72.5 Å². The Labute approximate surface area is 184 Å².